The molecule has 3 aromatic carbocycles. The number of fused-ring (bicyclic) bond motifs is 1. The first-order chi connectivity index (χ1) is 16.2. The molecule has 1 heterocycles. The number of amides is 1. The van der Waals surface area contributed by atoms with Crippen molar-refractivity contribution < 1.29 is 18.1 Å². The SMILES string of the molecule is CC1(/C=C/CNS(=O)(=O)c2ccc([N+](=O)[O-])cc2)C(=O)N(Cc2ccccc2)c2ccccc21. The third-order valence-corrected chi connectivity index (χ3v) is 7.27. The Morgan fingerprint density at radius 2 is 1.65 bits per heavy atom. The van der Waals surface area contributed by atoms with Gasteiger partial charge in [0.1, 0.15) is 0 Å². The lowest BCUT2D eigenvalue weighted by Crippen LogP contribution is -2.36. The van der Waals surface area contributed by atoms with Gasteiger partial charge < -0.3 is 4.90 Å². The zero-order valence-electron chi connectivity index (χ0n) is 18.4. The van der Waals surface area contributed by atoms with E-state index in [4.69, 9.17) is 0 Å². The topological polar surface area (TPSA) is 110 Å². The van der Waals surface area contributed by atoms with Crippen LogP contribution < -0.4 is 9.62 Å². The van der Waals surface area contributed by atoms with Crippen molar-refractivity contribution in [2.24, 2.45) is 0 Å². The number of rotatable bonds is 8. The third kappa shape index (κ3) is 4.48. The van der Waals surface area contributed by atoms with Crippen LogP contribution in [0.3, 0.4) is 0 Å². The number of anilines is 1. The summed E-state index contributed by atoms with van der Waals surface area (Å²) >= 11 is 0. The van der Waals surface area contributed by atoms with Crippen LogP contribution in [-0.4, -0.2) is 25.8 Å². The number of nitro benzene ring substituents is 1. The fourth-order valence-electron chi connectivity index (χ4n) is 4.02. The molecule has 1 N–H and O–H groups in total. The molecule has 0 aromatic heterocycles. The first kappa shape index (κ1) is 23.3. The summed E-state index contributed by atoms with van der Waals surface area (Å²) in [5.74, 6) is -0.0907. The van der Waals surface area contributed by atoms with Crippen molar-refractivity contribution in [2.45, 2.75) is 23.8 Å². The van der Waals surface area contributed by atoms with Gasteiger partial charge in [-0.1, -0.05) is 60.7 Å². The van der Waals surface area contributed by atoms with Crippen LogP contribution in [0.5, 0.6) is 0 Å². The van der Waals surface area contributed by atoms with Crippen molar-refractivity contribution in [3.63, 3.8) is 0 Å². The number of para-hydroxylation sites is 1. The molecule has 0 fully saturated rings. The Morgan fingerprint density at radius 1 is 1.00 bits per heavy atom. The molecular weight excluding hydrogens is 454 g/mol. The van der Waals surface area contributed by atoms with Crippen LogP contribution in [0.4, 0.5) is 11.4 Å². The van der Waals surface area contributed by atoms with Crippen LogP contribution >= 0.6 is 0 Å². The van der Waals surface area contributed by atoms with Crippen LogP contribution in [0.15, 0.2) is 95.9 Å². The lowest BCUT2D eigenvalue weighted by molar-refractivity contribution is -0.384. The summed E-state index contributed by atoms with van der Waals surface area (Å²) in [6, 6.07) is 21.9. The maximum absolute atomic E-state index is 13.5. The highest BCUT2D eigenvalue weighted by Crippen LogP contribution is 2.43. The van der Waals surface area contributed by atoms with Crippen LogP contribution in [0.2, 0.25) is 0 Å². The van der Waals surface area contributed by atoms with E-state index in [1.165, 1.54) is 12.1 Å². The molecule has 34 heavy (non-hydrogen) atoms. The van der Waals surface area contributed by atoms with E-state index in [2.05, 4.69) is 4.72 Å². The molecule has 1 amide bonds. The van der Waals surface area contributed by atoms with E-state index in [-0.39, 0.29) is 23.0 Å². The van der Waals surface area contributed by atoms with Gasteiger partial charge in [-0.2, -0.15) is 0 Å². The normalized spacial score (nSPS) is 17.8. The van der Waals surface area contributed by atoms with E-state index in [1.807, 2.05) is 61.5 Å². The largest absolute Gasteiger partial charge is 0.307 e. The summed E-state index contributed by atoms with van der Waals surface area (Å²) in [4.78, 5) is 25.3. The zero-order valence-corrected chi connectivity index (χ0v) is 19.2. The van der Waals surface area contributed by atoms with E-state index in [0.717, 1.165) is 28.9 Å². The molecular formula is C25H23N3O5S. The monoisotopic (exact) mass is 477 g/mol. The molecule has 0 bridgehead atoms. The van der Waals surface area contributed by atoms with E-state index in [9.17, 15) is 23.3 Å². The van der Waals surface area contributed by atoms with E-state index >= 15 is 0 Å². The quantitative estimate of drug-likeness (QED) is 0.300. The second-order valence-electron chi connectivity index (χ2n) is 8.10. The first-order valence-corrected chi connectivity index (χ1v) is 12.1. The highest BCUT2D eigenvalue weighted by molar-refractivity contribution is 7.89. The molecule has 8 nitrogen and oxygen atoms in total. The second-order valence-corrected chi connectivity index (χ2v) is 9.87. The average Bonchev–Trinajstić information content (AvgIpc) is 3.05. The van der Waals surface area contributed by atoms with Gasteiger partial charge in [-0.05, 0) is 36.2 Å². The predicted octanol–water partition coefficient (Wildman–Crippen LogP) is 3.93. The van der Waals surface area contributed by atoms with Crippen molar-refractivity contribution >= 4 is 27.3 Å². The van der Waals surface area contributed by atoms with Gasteiger partial charge in [-0.25, -0.2) is 13.1 Å². The van der Waals surface area contributed by atoms with Crippen LogP contribution in [0, 0.1) is 10.1 Å². The lowest BCUT2D eigenvalue weighted by atomic mass is 9.83. The Morgan fingerprint density at radius 3 is 2.32 bits per heavy atom. The van der Waals surface area contributed by atoms with Gasteiger partial charge in [0.05, 0.1) is 21.8 Å². The van der Waals surface area contributed by atoms with Crippen molar-refractivity contribution in [1.29, 1.82) is 0 Å². The van der Waals surface area contributed by atoms with Crippen LogP contribution in [0.25, 0.3) is 0 Å². The van der Waals surface area contributed by atoms with E-state index in [1.54, 1.807) is 17.1 Å². The fraction of sp³-hybridized carbons (Fsp3) is 0.160. The molecule has 0 saturated heterocycles. The van der Waals surface area contributed by atoms with Crippen molar-refractivity contribution in [1.82, 2.24) is 4.72 Å². The van der Waals surface area contributed by atoms with Crippen molar-refractivity contribution in [3.8, 4) is 0 Å². The maximum Gasteiger partial charge on any atom is 0.269 e. The number of nitrogens with zero attached hydrogens (tertiary/aromatic N) is 2. The molecule has 1 aliphatic rings. The number of nitrogens with one attached hydrogen (secondary N) is 1. The molecule has 1 aliphatic heterocycles. The molecule has 1 unspecified atom stereocenters. The zero-order chi connectivity index (χ0) is 24.3. The molecule has 0 radical (unpaired) electrons. The Hall–Kier alpha value is -3.82. The second kappa shape index (κ2) is 9.20. The highest BCUT2D eigenvalue weighted by Gasteiger charge is 2.45. The number of non-ortho nitro benzene ring substituents is 1. The Kier molecular flexibility index (Phi) is 6.32. The molecule has 0 aliphatic carbocycles. The van der Waals surface area contributed by atoms with Gasteiger partial charge >= 0.3 is 0 Å². The molecule has 9 heteroatoms. The molecule has 174 valence electrons. The van der Waals surface area contributed by atoms with E-state index < -0.39 is 20.4 Å². The number of benzene rings is 3. The number of nitro groups is 1. The lowest BCUT2D eigenvalue weighted by Gasteiger charge is -2.21. The summed E-state index contributed by atoms with van der Waals surface area (Å²) < 4.78 is 27.5. The number of carbonyl (C=O) groups is 1. The van der Waals surface area contributed by atoms with Gasteiger partial charge in [0.15, 0.2) is 0 Å². The number of sulfonamides is 1. The number of carbonyl (C=O) groups excluding carboxylic acids is 1. The minimum Gasteiger partial charge on any atom is -0.307 e. The smallest absolute Gasteiger partial charge is 0.269 e. The number of hydrogen-bond donors (Lipinski definition) is 1. The average molecular weight is 478 g/mol. The first-order valence-electron chi connectivity index (χ1n) is 10.6. The van der Waals surface area contributed by atoms with Gasteiger partial charge in [0.2, 0.25) is 15.9 Å². The van der Waals surface area contributed by atoms with Gasteiger partial charge in [0.25, 0.3) is 5.69 Å². The number of hydrogen-bond acceptors (Lipinski definition) is 5. The van der Waals surface area contributed by atoms with Gasteiger partial charge in [0, 0.05) is 24.4 Å². The van der Waals surface area contributed by atoms with Crippen molar-refractivity contribution in [2.75, 3.05) is 11.4 Å². The summed E-state index contributed by atoms with van der Waals surface area (Å²) in [6.45, 7) is 2.22. The standard InChI is InChI=1S/C25H23N3O5S/c1-25(16-7-17-26-34(32,33)21-14-12-20(13-15-21)28(30)31)22-10-5-6-11-23(22)27(24(25)29)18-19-8-3-2-4-9-19/h2-16,26H,17-18H2,1H3/b16-7+. The maximum atomic E-state index is 13.5. The van der Waals surface area contributed by atoms with Gasteiger partial charge in [-0.15, -0.1) is 0 Å². The predicted molar refractivity (Wildman–Crippen MR) is 129 cm³/mol. The van der Waals surface area contributed by atoms with Gasteiger partial charge in [-0.3, -0.25) is 14.9 Å². The minimum atomic E-state index is -3.86. The third-order valence-electron chi connectivity index (χ3n) is 5.83. The van der Waals surface area contributed by atoms with Crippen LogP contribution in [0.1, 0.15) is 18.1 Å². The van der Waals surface area contributed by atoms with E-state index in [0.29, 0.717) is 6.54 Å². The summed E-state index contributed by atoms with van der Waals surface area (Å²) in [5, 5.41) is 10.8. The Balaban J connectivity index is 1.50. The molecule has 3 aromatic rings. The Bertz CT molecular complexity index is 1350. The molecule has 0 spiro atoms. The van der Waals surface area contributed by atoms with Crippen LogP contribution in [-0.2, 0) is 26.8 Å². The minimum absolute atomic E-state index is 0.0386. The summed E-state index contributed by atoms with van der Waals surface area (Å²) in [7, 11) is -3.86. The fourth-order valence-corrected chi connectivity index (χ4v) is 5.00. The van der Waals surface area contributed by atoms with Crippen molar-refractivity contribution in [3.05, 3.63) is 112 Å². The summed E-state index contributed by atoms with van der Waals surface area (Å²) in [5.41, 5.74) is 1.56. The molecule has 1 atom stereocenters. The Labute approximate surface area is 197 Å². The highest BCUT2D eigenvalue weighted by atomic mass is 32.2. The summed E-state index contributed by atoms with van der Waals surface area (Å²) in [6.07, 6.45) is 3.33. The molecule has 0 saturated carbocycles. The molecule has 4 rings (SSSR count).